The van der Waals surface area contributed by atoms with E-state index in [4.69, 9.17) is 16.3 Å². The Bertz CT molecular complexity index is 451. The molecule has 0 aliphatic carbocycles. The van der Waals surface area contributed by atoms with Crippen LogP contribution in [0.25, 0.3) is 0 Å². The monoisotopic (exact) mass is 272 g/mol. The minimum absolute atomic E-state index is 0.100. The van der Waals surface area contributed by atoms with E-state index in [0.717, 1.165) is 0 Å². The fraction of sp³-hybridized carbons (Fsp3) is 0.364. The second-order valence-electron chi connectivity index (χ2n) is 3.50. The average Bonchev–Trinajstić information content (AvgIpc) is 2.34. The Labute approximate surface area is 109 Å². The number of halogens is 1. The number of nitro groups is 1. The van der Waals surface area contributed by atoms with Crippen LogP contribution in [-0.2, 0) is 4.74 Å². The highest BCUT2D eigenvalue weighted by molar-refractivity contribution is 6.35. The molecule has 98 valence electrons. The lowest BCUT2D eigenvalue weighted by molar-refractivity contribution is -0.384. The Kier molecular flexibility index (Phi) is 5.54. The van der Waals surface area contributed by atoms with Crippen LogP contribution in [-0.4, -0.2) is 31.1 Å². The van der Waals surface area contributed by atoms with Crippen molar-refractivity contribution in [2.75, 3.05) is 20.3 Å². The average molecular weight is 273 g/mol. The zero-order valence-corrected chi connectivity index (χ0v) is 10.6. The van der Waals surface area contributed by atoms with Crippen molar-refractivity contribution in [3.63, 3.8) is 0 Å². The van der Waals surface area contributed by atoms with Crippen molar-refractivity contribution in [3.05, 3.63) is 38.9 Å². The minimum Gasteiger partial charge on any atom is -0.385 e. The molecule has 1 rings (SSSR count). The van der Waals surface area contributed by atoms with Crippen LogP contribution in [0.2, 0.25) is 5.02 Å². The molecule has 1 amide bonds. The van der Waals surface area contributed by atoms with Gasteiger partial charge in [-0.1, -0.05) is 17.7 Å². The van der Waals surface area contributed by atoms with Gasteiger partial charge in [0.05, 0.1) is 10.5 Å². The summed E-state index contributed by atoms with van der Waals surface area (Å²) in [6.07, 6.45) is 0.661. The van der Waals surface area contributed by atoms with E-state index in [1.165, 1.54) is 18.2 Å². The molecule has 0 fully saturated rings. The lowest BCUT2D eigenvalue weighted by Crippen LogP contribution is -2.25. The molecule has 0 atom stereocenters. The molecule has 0 aromatic heterocycles. The minimum atomic E-state index is -0.621. The van der Waals surface area contributed by atoms with Gasteiger partial charge < -0.3 is 10.1 Å². The van der Waals surface area contributed by atoms with Crippen LogP contribution in [0.1, 0.15) is 16.8 Å². The normalized spacial score (nSPS) is 10.1. The topological polar surface area (TPSA) is 81.5 Å². The number of hydrogen-bond donors (Lipinski definition) is 1. The summed E-state index contributed by atoms with van der Waals surface area (Å²) in [7, 11) is 1.57. The first-order valence-electron chi connectivity index (χ1n) is 5.28. The summed E-state index contributed by atoms with van der Waals surface area (Å²) < 4.78 is 4.84. The van der Waals surface area contributed by atoms with E-state index in [9.17, 15) is 14.9 Å². The Morgan fingerprint density at radius 2 is 2.28 bits per heavy atom. The van der Waals surface area contributed by atoms with Gasteiger partial charge in [-0.2, -0.15) is 0 Å². The highest BCUT2D eigenvalue weighted by atomic mass is 35.5. The van der Waals surface area contributed by atoms with Gasteiger partial charge in [0.25, 0.3) is 11.6 Å². The molecule has 0 spiro atoms. The predicted molar refractivity (Wildman–Crippen MR) is 66.9 cm³/mol. The van der Waals surface area contributed by atoms with Crippen LogP contribution in [0.15, 0.2) is 18.2 Å². The van der Waals surface area contributed by atoms with Crippen LogP contribution in [0.4, 0.5) is 5.69 Å². The first-order valence-corrected chi connectivity index (χ1v) is 5.65. The van der Waals surface area contributed by atoms with Gasteiger partial charge in [0.15, 0.2) is 0 Å². The zero-order chi connectivity index (χ0) is 13.5. The number of benzene rings is 1. The lowest BCUT2D eigenvalue weighted by Gasteiger charge is -2.06. The first-order chi connectivity index (χ1) is 8.57. The number of methoxy groups -OCH3 is 1. The molecule has 18 heavy (non-hydrogen) atoms. The van der Waals surface area contributed by atoms with Crippen LogP contribution < -0.4 is 5.32 Å². The third-order valence-corrected chi connectivity index (χ3v) is 2.63. The van der Waals surface area contributed by atoms with Crippen LogP contribution in [0, 0.1) is 10.1 Å². The molecular formula is C11H13ClN2O4. The standard InChI is InChI=1S/C11H13ClN2O4/c1-18-7-3-6-13-11(15)8-4-2-5-9(10(8)12)14(16)17/h2,4-5H,3,6-7H2,1H3,(H,13,15). The lowest BCUT2D eigenvalue weighted by atomic mass is 10.2. The van der Waals surface area contributed by atoms with Crippen molar-refractivity contribution in [3.8, 4) is 0 Å². The Balaban J connectivity index is 2.74. The molecule has 0 aliphatic rings. The highest BCUT2D eigenvalue weighted by Gasteiger charge is 2.19. The van der Waals surface area contributed by atoms with Gasteiger partial charge >= 0.3 is 0 Å². The third kappa shape index (κ3) is 3.68. The van der Waals surface area contributed by atoms with Gasteiger partial charge in [-0.05, 0) is 12.5 Å². The molecule has 0 aliphatic heterocycles. The maximum absolute atomic E-state index is 11.7. The highest BCUT2D eigenvalue weighted by Crippen LogP contribution is 2.27. The molecule has 0 radical (unpaired) electrons. The van der Waals surface area contributed by atoms with Crippen molar-refractivity contribution in [2.45, 2.75) is 6.42 Å². The van der Waals surface area contributed by atoms with Gasteiger partial charge in [-0.15, -0.1) is 0 Å². The number of rotatable bonds is 6. The Morgan fingerprint density at radius 1 is 1.56 bits per heavy atom. The largest absolute Gasteiger partial charge is 0.385 e. The van der Waals surface area contributed by atoms with Crippen molar-refractivity contribution in [1.29, 1.82) is 0 Å². The predicted octanol–water partition coefficient (Wildman–Crippen LogP) is 2.01. The number of ether oxygens (including phenoxy) is 1. The number of hydrogen-bond acceptors (Lipinski definition) is 4. The van der Waals surface area contributed by atoms with E-state index in [1.54, 1.807) is 7.11 Å². The molecule has 0 heterocycles. The summed E-state index contributed by atoms with van der Waals surface area (Å²) in [5.41, 5.74) is -0.176. The third-order valence-electron chi connectivity index (χ3n) is 2.23. The number of nitrogens with zero attached hydrogens (tertiary/aromatic N) is 1. The van der Waals surface area contributed by atoms with E-state index in [-0.39, 0.29) is 16.3 Å². The fourth-order valence-corrected chi connectivity index (χ4v) is 1.63. The van der Waals surface area contributed by atoms with E-state index in [1.807, 2.05) is 0 Å². The number of amides is 1. The zero-order valence-electron chi connectivity index (χ0n) is 9.81. The molecule has 0 saturated heterocycles. The second kappa shape index (κ2) is 6.93. The first kappa shape index (κ1) is 14.4. The van der Waals surface area contributed by atoms with Gasteiger partial charge in [0.1, 0.15) is 5.02 Å². The quantitative estimate of drug-likeness (QED) is 0.488. The molecule has 1 aromatic carbocycles. The molecular weight excluding hydrogens is 260 g/mol. The Hall–Kier alpha value is -1.66. The molecule has 1 aromatic rings. The Morgan fingerprint density at radius 3 is 2.89 bits per heavy atom. The summed E-state index contributed by atoms with van der Waals surface area (Å²) in [5, 5.41) is 13.1. The van der Waals surface area contributed by atoms with Crippen molar-refractivity contribution in [2.24, 2.45) is 0 Å². The molecule has 6 nitrogen and oxygen atoms in total. The summed E-state index contributed by atoms with van der Waals surface area (Å²) in [5.74, 6) is -0.431. The van der Waals surface area contributed by atoms with Gasteiger partial charge in [-0.25, -0.2) is 0 Å². The molecule has 7 heteroatoms. The molecule has 0 unspecified atom stereocenters. The van der Waals surface area contributed by atoms with Crippen molar-refractivity contribution < 1.29 is 14.5 Å². The van der Waals surface area contributed by atoms with Crippen molar-refractivity contribution in [1.82, 2.24) is 5.32 Å². The van der Waals surface area contributed by atoms with Gasteiger partial charge in [0, 0.05) is 26.3 Å². The van der Waals surface area contributed by atoms with Crippen LogP contribution >= 0.6 is 11.6 Å². The van der Waals surface area contributed by atoms with Crippen LogP contribution in [0.5, 0.6) is 0 Å². The summed E-state index contributed by atoms with van der Waals surface area (Å²) in [6.45, 7) is 0.953. The summed E-state index contributed by atoms with van der Waals surface area (Å²) >= 11 is 5.81. The van der Waals surface area contributed by atoms with Gasteiger partial charge in [0.2, 0.25) is 0 Å². The maximum Gasteiger partial charge on any atom is 0.288 e. The fourth-order valence-electron chi connectivity index (χ4n) is 1.35. The van der Waals surface area contributed by atoms with E-state index in [2.05, 4.69) is 5.32 Å². The molecule has 1 N–H and O–H groups in total. The molecule has 0 bridgehead atoms. The number of carbonyl (C=O) groups excluding carboxylic acids is 1. The van der Waals surface area contributed by atoms with E-state index >= 15 is 0 Å². The van der Waals surface area contributed by atoms with Gasteiger partial charge in [-0.3, -0.25) is 14.9 Å². The number of carbonyl (C=O) groups is 1. The number of nitrogens with one attached hydrogen (secondary N) is 1. The van der Waals surface area contributed by atoms with Crippen LogP contribution in [0.3, 0.4) is 0 Å². The number of nitro benzene ring substituents is 1. The molecule has 0 saturated carbocycles. The summed E-state index contributed by atoms with van der Waals surface area (Å²) in [6, 6.07) is 4.12. The van der Waals surface area contributed by atoms with Crippen molar-refractivity contribution >= 4 is 23.2 Å². The smallest absolute Gasteiger partial charge is 0.288 e. The second-order valence-corrected chi connectivity index (χ2v) is 3.88. The van der Waals surface area contributed by atoms with E-state index in [0.29, 0.717) is 19.6 Å². The SMILES string of the molecule is COCCCNC(=O)c1cccc([N+](=O)[O-])c1Cl. The maximum atomic E-state index is 11.7. The van der Waals surface area contributed by atoms with E-state index < -0.39 is 10.8 Å². The summed E-state index contributed by atoms with van der Waals surface area (Å²) in [4.78, 5) is 21.8.